The first-order chi connectivity index (χ1) is 24.0. The molecule has 5 rings (SSSR count). The van der Waals surface area contributed by atoms with E-state index in [1.54, 1.807) is 32.9 Å². The van der Waals surface area contributed by atoms with E-state index in [1.165, 1.54) is 0 Å². The molecule has 0 radical (unpaired) electrons. The summed E-state index contributed by atoms with van der Waals surface area (Å²) in [5, 5.41) is 5.84. The maximum atomic E-state index is 15.0. The first-order valence-electron chi connectivity index (χ1n) is 17.9. The average Bonchev–Trinajstić information content (AvgIpc) is 3.41. The van der Waals surface area contributed by atoms with Gasteiger partial charge >= 0.3 is 6.09 Å². The van der Waals surface area contributed by atoms with Crippen molar-refractivity contribution in [3.63, 3.8) is 0 Å². The van der Waals surface area contributed by atoms with Gasteiger partial charge in [0.05, 0.1) is 16.1 Å². The van der Waals surface area contributed by atoms with Crippen LogP contribution in [-0.2, 0) is 25.7 Å². The van der Waals surface area contributed by atoms with Crippen molar-refractivity contribution in [3.8, 4) is 10.4 Å². The number of alkyl halides is 1. The predicted molar refractivity (Wildman–Crippen MR) is 199 cm³/mol. The largest absolute Gasteiger partial charge is 0.444 e. The molecule has 51 heavy (non-hydrogen) atoms. The predicted octanol–water partition coefficient (Wildman–Crippen LogP) is 5.17. The van der Waals surface area contributed by atoms with Crippen LogP contribution in [0.1, 0.15) is 78.5 Å². The molecule has 4 amide bonds. The lowest BCUT2D eigenvalue weighted by Crippen LogP contribution is -2.61. The van der Waals surface area contributed by atoms with Gasteiger partial charge in [0.25, 0.3) is 5.91 Å². The molecule has 1 aromatic heterocycles. The molecule has 1 saturated carbocycles. The third kappa shape index (κ3) is 10.0. The van der Waals surface area contributed by atoms with E-state index in [-0.39, 0.29) is 36.0 Å². The van der Waals surface area contributed by atoms with Crippen LogP contribution in [0.2, 0.25) is 0 Å². The topological polar surface area (TPSA) is 124 Å². The fourth-order valence-corrected chi connectivity index (χ4v) is 9.12. The van der Waals surface area contributed by atoms with Crippen molar-refractivity contribution in [3.05, 3.63) is 41.0 Å². The SMILES string of the molecule is Cc1ncsc1-c1ccc(CNC(=O)C2CCCN2C(=O)C(NC(=O)C2(F)CC2)C(C)(C)SC(C)CN2CCN(C(=O)OC(C)(C)C)CC2)cc1. The number of thioether (sulfide) groups is 1. The summed E-state index contributed by atoms with van der Waals surface area (Å²) < 4.78 is 19.7. The number of piperazine rings is 1. The number of carbonyl (C=O) groups is 4. The van der Waals surface area contributed by atoms with E-state index in [4.69, 9.17) is 4.74 Å². The minimum absolute atomic E-state index is 0.0459. The molecule has 0 bridgehead atoms. The third-order valence-electron chi connectivity index (χ3n) is 9.62. The Labute approximate surface area is 309 Å². The molecule has 0 spiro atoms. The molecule has 3 unspecified atom stereocenters. The summed E-state index contributed by atoms with van der Waals surface area (Å²) in [5.74, 6) is -1.38. The van der Waals surface area contributed by atoms with Crippen LogP contribution in [0.5, 0.6) is 0 Å². The third-order valence-corrected chi connectivity index (χ3v) is 12.0. The van der Waals surface area contributed by atoms with Gasteiger partial charge in [0.1, 0.15) is 17.7 Å². The zero-order valence-electron chi connectivity index (χ0n) is 30.9. The highest BCUT2D eigenvalue weighted by Gasteiger charge is 2.54. The summed E-state index contributed by atoms with van der Waals surface area (Å²) in [5.41, 5.74) is 2.31. The lowest BCUT2D eigenvalue weighted by Gasteiger charge is -2.40. The van der Waals surface area contributed by atoms with Gasteiger partial charge in [-0.3, -0.25) is 19.3 Å². The van der Waals surface area contributed by atoms with E-state index in [1.807, 2.05) is 71.3 Å². The number of halogens is 1. The number of likely N-dealkylation sites (tertiary alicyclic amines) is 1. The second kappa shape index (κ2) is 15.8. The Morgan fingerprint density at radius 1 is 1.06 bits per heavy atom. The van der Waals surface area contributed by atoms with E-state index in [0.717, 1.165) is 21.7 Å². The Morgan fingerprint density at radius 2 is 1.73 bits per heavy atom. The molecule has 3 heterocycles. The monoisotopic (exact) mass is 744 g/mol. The maximum Gasteiger partial charge on any atom is 0.410 e. The van der Waals surface area contributed by atoms with Crippen molar-refractivity contribution in [2.75, 3.05) is 39.3 Å². The zero-order chi connectivity index (χ0) is 37.1. The van der Waals surface area contributed by atoms with Crippen LogP contribution < -0.4 is 10.6 Å². The van der Waals surface area contributed by atoms with E-state index in [9.17, 15) is 23.6 Å². The van der Waals surface area contributed by atoms with Gasteiger partial charge in [-0.05, 0) is 78.4 Å². The molecule has 3 aliphatic rings. The van der Waals surface area contributed by atoms with E-state index >= 15 is 0 Å². The number of hydrogen-bond donors (Lipinski definition) is 2. The average molecular weight is 745 g/mol. The number of ether oxygens (including phenoxy) is 1. The highest BCUT2D eigenvalue weighted by atomic mass is 32.2. The minimum atomic E-state index is -1.95. The maximum absolute atomic E-state index is 15.0. The van der Waals surface area contributed by atoms with E-state index in [0.29, 0.717) is 58.7 Å². The normalized spacial score (nSPS) is 20.4. The Bertz CT molecular complexity index is 1570. The fourth-order valence-electron chi connectivity index (χ4n) is 6.69. The van der Waals surface area contributed by atoms with Crippen LogP contribution in [0.25, 0.3) is 10.4 Å². The van der Waals surface area contributed by atoms with Crippen molar-refractivity contribution in [1.29, 1.82) is 0 Å². The van der Waals surface area contributed by atoms with Crippen LogP contribution in [-0.4, -0.2) is 116 Å². The van der Waals surface area contributed by atoms with Crippen LogP contribution >= 0.6 is 23.1 Å². The highest BCUT2D eigenvalue weighted by Crippen LogP contribution is 2.41. The van der Waals surface area contributed by atoms with Gasteiger partial charge in [-0.15, -0.1) is 23.1 Å². The Kier molecular flexibility index (Phi) is 12.1. The van der Waals surface area contributed by atoms with E-state index in [2.05, 4.69) is 27.4 Å². The van der Waals surface area contributed by atoms with Gasteiger partial charge in [0, 0.05) is 55.8 Å². The number of thiazole rings is 1. The summed E-state index contributed by atoms with van der Waals surface area (Å²) in [4.78, 5) is 64.5. The lowest BCUT2D eigenvalue weighted by atomic mass is 10.00. The quantitative estimate of drug-likeness (QED) is 0.306. The summed E-state index contributed by atoms with van der Waals surface area (Å²) in [7, 11) is 0. The number of rotatable bonds is 12. The van der Waals surface area contributed by atoms with Crippen LogP contribution in [0.4, 0.5) is 9.18 Å². The number of aryl methyl sites for hydroxylation is 1. The van der Waals surface area contributed by atoms with Crippen LogP contribution in [0, 0.1) is 6.92 Å². The van der Waals surface area contributed by atoms with Crippen LogP contribution in [0.15, 0.2) is 29.8 Å². The molecule has 14 heteroatoms. The molecule has 2 N–H and O–H groups in total. The van der Waals surface area contributed by atoms with Gasteiger partial charge in [-0.25, -0.2) is 14.2 Å². The Balaban J connectivity index is 1.20. The first kappa shape index (κ1) is 39.0. The Hall–Kier alpha value is -3.23. The van der Waals surface area contributed by atoms with Gasteiger partial charge in [-0.1, -0.05) is 31.2 Å². The van der Waals surface area contributed by atoms with E-state index < -0.39 is 34.0 Å². The zero-order valence-corrected chi connectivity index (χ0v) is 32.6. The van der Waals surface area contributed by atoms with Gasteiger partial charge < -0.3 is 25.2 Å². The molecular formula is C37H53FN6O5S2. The van der Waals surface area contributed by atoms with Gasteiger partial charge in [0.2, 0.25) is 11.8 Å². The van der Waals surface area contributed by atoms with Crippen molar-refractivity contribution in [1.82, 2.24) is 30.3 Å². The second-order valence-electron chi connectivity index (χ2n) is 15.5. The fraction of sp³-hybridized carbons (Fsp3) is 0.649. The number of carbonyl (C=O) groups excluding carboxylic acids is 4. The number of nitrogens with zero attached hydrogens (tertiary/aromatic N) is 4. The summed E-state index contributed by atoms with van der Waals surface area (Å²) in [6.45, 7) is 17.3. The molecule has 2 aliphatic heterocycles. The van der Waals surface area contributed by atoms with Crippen molar-refractivity contribution in [2.24, 2.45) is 0 Å². The molecule has 2 aromatic rings. The summed E-state index contributed by atoms with van der Waals surface area (Å²) >= 11 is 3.15. The molecule has 280 valence electrons. The van der Waals surface area contributed by atoms with Crippen molar-refractivity contribution >= 4 is 46.9 Å². The number of nitrogens with one attached hydrogen (secondary N) is 2. The molecule has 11 nitrogen and oxygen atoms in total. The number of aromatic nitrogens is 1. The minimum Gasteiger partial charge on any atom is -0.444 e. The standard InChI is InChI=1S/C37H53FN6O5S2/c1-24(22-42-17-19-43(20-18-42)34(48)49-35(3,4)5)51-36(6,7)30(41-33(47)37(38)14-15-37)32(46)44-16-8-9-28(44)31(45)39-21-26-10-12-27(13-11-26)29-25(2)40-23-50-29/h10-13,23-24,28,30H,8-9,14-22H2,1-7H3,(H,39,45)(H,41,47). The molecule has 3 atom stereocenters. The van der Waals surface area contributed by atoms with Crippen LogP contribution in [0.3, 0.4) is 0 Å². The smallest absolute Gasteiger partial charge is 0.410 e. The van der Waals surface area contributed by atoms with Crippen molar-refractivity contribution < 1.29 is 28.3 Å². The first-order valence-corrected chi connectivity index (χ1v) is 19.7. The van der Waals surface area contributed by atoms with Gasteiger partial charge in [-0.2, -0.15) is 0 Å². The number of benzene rings is 1. The molecule has 1 aliphatic carbocycles. The summed E-state index contributed by atoms with van der Waals surface area (Å²) in [6, 6.07) is 6.27. The summed E-state index contributed by atoms with van der Waals surface area (Å²) in [6.07, 6.45) is 1.12. The lowest BCUT2D eigenvalue weighted by molar-refractivity contribution is -0.143. The second-order valence-corrected chi connectivity index (χ2v) is 18.5. The van der Waals surface area contributed by atoms with Crippen molar-refractivity contribution in [2.45, 2.75) is 114 Å². The number of hydrogen-bond acceptors (Lipinski definition) is 9. The van der Waals surface area contributed by atoms with Gasteiger partial charge in [0.15, 0.2) is 5.67 Å². The molecule has 1 aromatic carbocycles. The molecular weight excluding hydrogens is 692 g/mol. The molecule has 3 fully saturated rings. The molecule has 2 saturated heterocycles. The Morgan fingerprint density at radius 3 is 2.31 bits per heavy atom. The number of amides is 4. The highest BCUT2D eigenvalue weighted by molar-refractivity contribution is 8.01.